The molecule has 0 aromatic heterocycles. The highest BCUT2D eigenvalue weighted by molar-refractivity contribution is 9.10. The van der Waals surface area contributed by atoms with Gasteiger partial charge in [-0.1, -0.05) is 45.8 Å². The number of hydrogen-bond acceptors (Lipinski definition) is 3. The largest absolute Gasteiger partial charge is 0.376 e. The van der Waals surface area contributed by atoms with E-state index in [1.165, 1.54) is 5.56 Å². The SMILES string of the molecule is C/C(=N\NC(=O)CNc1ccc(C)cc1)c1cccc(Br)c1. The Morgan fingerprint density at radius 2 is 1.91 bits per heavy atom. The quantitative estimate of drug-likeness (QED) is 0.631. The van der Waals surface area contributed by atoms with Crippen LogP contribution < -0.4 is 10.7 Å². The molecule has 0 aliphatic rings. The first kappa shape index (κ1) is 16.2. The van der Waals surface area contributed by atoms with Crippen LogP contribution in [0, 0.1) is 6.92 Å². The van der Waals surface area contributed by atoms with Crippen molar-refractivity contribution in [1.29, 1.82) is 0 Å². The second kappa shape index (κ2) is 7.75. The minimum absolute atomic E-state index is 0.179. The molecule has 0 bridgehead atoms. The number of carbonyl (C=O) groups excluding carboxylic acids is 1. The van der Waals surface area contributed by atoms with Gasteiger partial charge in [0.2, 0.25) is 0 Å². The fourth-order valence-corrected chi connectivity index (χ4v) is 2.22. The number of hydrogen-bond donors (Lipinski definition) is 2. The molecule has 2 N–H and O–H groups in total. The number of nitrogens with one attached hydrogen (secondary N) is 2. The van der Waals surface area contributed by atoms with Gasteiger partial charge in [-0.25, -0.2) is 5.43 Å². The Bertz CT molecular complexity index is 681. The number of halogens is 1. The van der Waals surface area contributed by atoms with Crippen LogP contribution in [0.1, 0.15) is 18.1 Å². The monoisotopic (exact) mass is 359 g/mol. The number of amides is 1. The van der Waals surface area contributed by atoms with Crippen molar-refractivity contribution < 1.29 is 4.79 Å². The van der Waals surface area contributed by atoms with Gasteiger partial charge in [0.15, 0.2) is 0 Å². The van der Waals surface area contributed by atoms with E-state index in [-0.39, 0.29) is 12.5 Å². The lowest BCUT2D eigenvalue weighted by Crippen LogP contribution is -2.26. The second-order valence-electron chi connectivity index (χ2n) is 4.96. The highest BCUT2D eigenvalue weighted by atomic mass is 79.9. The molecule has 0 spiro atoms. The molecule has 114 valence electrons. The number of rotatable bonds is 5. The van der Waals surface area contributed by atoms with Gasteiger partial charge in [0.1, 0.15) is 0 Å². The van der Waals surface area contributed by atoms with E-state index in [4.69, 9.17) is 0 Å². The number of benzene rings is 2. The number of carbonyl (C=O) groups is 1. The zero-order valence-corrected chi connectivity index (χ0v) is 14.1. The van der Waals surface area contributed by atoms with E-state index in [2.05, 4.69) is 31.8 Å². The third-order valence-electron chi connectivity index (χ3n) is 3.10. The van der Waals surface area contributed by atoms with Crippen molar-refractivity contribution in [2.75, 3.05) is 11.9 Å². The van der Waals surface area contributed by atoms with Crippen molar-refractivity contribution in [2.24, 2.45) is 5.10 Å². The van der Waals surface area contributed by atoms with Gasteiger partial charge in [0, 0.05) is 10.2 Å². The number of hydrazone groups is 1. The van der Waals surface area contributed by atoms with Gasteiger partial charge >= 0.3 is 0 Å². The van der Waals surface area contributed by atoms with Gasteiger partial charge in [-0.15, -0.1) is 0 Å². The minimum atomic E-state index is -0.185. The lowest BCUT2D eigenvalue weighted by Gasteiger charge is -2.06. The lowest BCUT2D eigenvalue weighted by atomic mass is 10.1. The molecule has 0 fully saturated rings. The molecular weight excluding hydrogens is 342 g/mol. The highest BCUT2D eigenvalue weighted by Gasteiger charge is 2.02. The summed E-state index contributed by atoms with van der Waals surface area (Å²) < 4.78 is 0.979. The Kier molecular flexibility index (Phi) is 5.72. The highest BCUT2D eigenvalue weighted by Crippen LogP contribution is 2.12. The maximum Gasteiger partial charge on any atom is 0.259 e. The van der Waals surface area contributed by atoms with Gasteiger partial charge < -0.3 is 5.32 Å². The molecular formula is C17H18BrN3O. The van der Waals surface area contributed by atoms with Crippen molar-refractivity contribution in [2.45, 2.75) is 13.8 Å². The maximum absolute atomic E-state index is 11.8. The maximum atomic E-state index is 11.8. The number of aryl methyl sites for hydroxylation is 1. The van der Waals surface area contributed by atoms with Crippen LogP contribution in [0.4, 0.5) is 5.69 Å². The molecule has 5 heteroatoms. The van der Waals surface area contributed by atoms with Crippen LogP contribution in [0.2, 0.25) is 0 Å². The minimum Gasteiger partial charge on any atom is -0.376 e. The van der Waals surface area contributed by atoms with Crippen molar-refractivity contribution in [3.05, 3.63) is 64.1 Å². The van der Waals surface area contributed by atoms with Gasteiger partial charge in [-0.3, -0.25) is 4.79 Å². The molecule has 0 aliphatic heterocycles. The Morgan fingerprint density at radius 3 is 2.59 bits per heavy atom. The summed E-state index contributed by atoms with van der Waals surface area (Å²) in [5.74, 6) is -0.185. The molecule has 22 heavy (non-hydrogen) atoms. The van der Waals surface area contributed by atoms with E-state index < -0.39 is 0 Å². The topological polar surface area (TPSA) is 53.5 Å². The molecule has 0 heterocycles. The van der Waals surface area contributed by atoms with Crippen LogP contribution in [-0.4, -0.2) is 18.2 Å². The van der Waals surface area contributed by atoms with Crippen molar-refractivity contribution in [3.63, 3.8) is 0 Å². The predicted molar refractivity (Wildman–Crippen MR) is 94.2 cm³/mol. The molecule has 2 aromatic carbocycles. The van der Waals surface area contributed by atoms with Crippen LogP contribution in [0.3, 0.4) is 0 Å². The summed E-state index contributed by atoms with van der Waals surface area (Å²) in [6.07, 6.45) is 0. The third-order valence-corrected chi connectivity index (χ3v) is 3.59. The van der Waals surface area contributed by atoms with Crippen LogP contribution in [0.5, 0.6) is 0 Å². The molecule has 2 rings (SSSR count). The Balaban J connectivity index is 1.86. The molecule has 0 aliphatic carbocycles. The molecule has 1 amide bonds. The zero-order valence-electron chi connectivity index (χ0n) is 12.6. The Morgan fingerprint density at radius 1 is 1.18 bits per heavy atom. The average molecular weight is 360 g/mol. The van der Waals surface area contributed by atoms with Gasteiger partial charge in [0.25, 0.3) is 5.91 Å². The smallest absolute Gasteiger partial charge is 0.259 e. The summed E-state index contributed by atoms with van der Waals surface area (Å²) in [7, 11) is 0. The molecule has 0 unspecified atom stereocenters. The summed E-state index contributed by atoms with van der Waals surface area (Å²) in [5.41, 5.74) is 6.36. The standard InChI is InChI=1S/C17H18BrN3O/c1-12-6-8-16(9-7-12)19-11-17(22)21-20-13(2)14-4-3-5-15(18)10-14/h3-10,19H,11H2,1-2H3,(H,21,22)/b20-13+. The summed E-state index contributed by atoms with van der Waals surface area (Å²) >= 11 is 3.41. The Hall–Kier alpha value is -2.14. The summed E-state index contributed by atoms with van der Waals surface area (Å²) in [5, 5.41) is 7.17. The van der Waals surface area contributed by atoms with E-state index in [1.807, 2.05) is 62.4 Å². The third kappa shape index (κ3) is 5.00. The van der Waals surface area contributed by atoms with Gasteiger partial charge in [-0.2, -0.15) is 5.10 Å². The normalized spacial score (nSPS) is 11.1. The number of nitrogens with zero attached hydrogens (tertiary/aromatic N) is 1. The average Bonchev–Trinajstić information content (AvgIpc) is 2.52. The van der Waals surface area contributed by atoms with E-state index in [0.29, 0.717) is 0 Å². The first-order valence-corrected chi connectivity index (χ1v) is 7.73. The molecule has 0 atom stereocenters. The fourth-order valence-electron chi connectivity index (χ4n) is 1.82. The summed E-state index contributed by atoms with van der Waals surface area (Å²) in [4.78, 5) is 11.8. The van der Waals surface area contributed by atoms with E-state index in [1.54, 1.807) is 0 Å². The molecule has 2 aromatic rings. The lowest BCUT2D eigenvalue weighted by molar-refractivity contribution is -0.119. The predicted octanol–water partition coefficient (Wildman–Crippen LogP) is 3.71. The van der Waals surface area contributed by atoms with Gasteiger partial charge in [0.05, 0.1) is 12.3 Å². The van der Waals surface area contributed by atoms with Crippen molar-refractivity contribution >= 4 is 33.2 Å². The first-order chi connectivity index (χ1) is 10.5. The second-order valence-corrected chi connectivity index (χ2v) is 5.88. The van der Waals surface area contributed by atoms with Crippen LogP contribution in [0.25, 0.3) is 0 Å². The number of anilines is 1. The van der Waals surface area contributed by atoms with Crippen LogP contribution >= 0.6 is 15.9 Å². The van der Waals surface area contributed by atoms with Crippen molar-refractivity contribution in [1.82, 2.24) is 5.43 Å². The molecule has 4 nitrogen and oxygen atoms in total. The molecule has 0 saturated heterocycles. The van der Waals surface area contributed by atoms with Crippen LogP contribution in [-0.2, 0) is 4.79 Å². The van der Waals surface area contributed by atoms with Gasteiger partial charge in [-0.05, 0) is 43.7 Å². The van der Waals surface area contributed by atoms with E-state index in [9.17, 15) is 4.79 Å². The Labute approximate surface area is 138 Å². The van der Waals surface area contributed by atoms with Crippen LogP contribution in [0.15, 0.2) is 58.1 Å². The fraction of sp³-hybridized carbons (Fsp3) is 0.176. The van der Waals surface area contributed by atoms with Crippen molar-refractivity contribution in [3.8, 4) is 0 Å². The first-order valence-electron chi connectivity index (χ1n) is 6.94. The van der Waals surface area contributed by atoms with E-state index >= 15 is 0 Å². The molecule has 0 radical (unpaired) electrons. The summed E-state index contributed by atoms with van der Waals surface area (Å²) in [6, 6.07) is 15.7. The summed E-state index contributed by atoms with van der Waals surface area (Å²) in [6.45, 7) is 4.06. The zero-order chi connectivity index (χ0) is 15.9. The molecule has 0 saturated carbocycles. The van der Waals surface area contributed by atoms with E-state index in [0.717, 1.165) is 21.4 Å².